The van der Waals surface area contributed by atoms with Crippen LogP contribution in [0.15, 0.2) is 36.5 Å². The molecule has 8 nitrogen and oxygen atoms in total. The van der Waals surface area contributed by atoms with Gasteiger partial charge in [-0.3, -0.25) is 19.4 Å². The van der Waals surface area contributed by atoms with Gasteiger partial charge >= 0.3 is 12.1 Å². The molecular weight excluding hydrogens is 405 g/mol. The Kier molecular flexibility index (Phi) is 5.83. The molecule has 0 radical (unpaired) electrons. The fourth-order valence-electron chi connectivity index (χ4n) is 3.77. The van der Waals surface area contributed by atoms with Crippen molar-refractivity contribution >= 4 is 29.5 Å². The predicted molar refractivity (Wildman–Crippen MR) is 110 cm³/mol. The molecule has 4 rings (SSSR count). The van der Waals surface area contributed by atoms with E-state index < -0.39 is 18.0 Å². The predicted octanol–water partition coefficient (Wildman–Crippen LogP) is 3.29. The number of methoxy groups -OCH3 is 1. The first-order valence-electron chi connectivity index (χ1n) is 10.1. The van der Waals surface area contributed by atoms with E-state index in [1.807, 2.05) is 0 Å². The monoisotopic (exact) mass is 427 g/mol. The van der Waals surface area contributed by atoms with Crippen LogP contribution < -0.4 is 9.80 Å². The van der Waals surface area contributed by atoms with Crippen LogP contribution in [0.25, 0.3) is 11.1 Å². The van der Waals surface area contributed by atoms with Crippen LogP contribution in [0.4, 0.5) is 20.7 Å². The van der Waals surface area contributed by atoms with Crippen molar-refractivity contribution in [2.75, 3.05) is 30.0 Å². The highest BCUT2D eigenvalue weighted by atomic mass is 19.1. The molecule has 0 bridgehead atoms. The van der Waals surface area contributed by atoms with Crippen LogP contribution in [0.2, 0.25) is 0 Å². The molecule has 31 heavy (non-hydrogen) atoms. The Morgan fingerprint density at radius 3 is 2.74 bits per heavy atom. The van der Waals surface area contributed by atoms with Crippen LogP contribution in [0.5, 0.6) is 0 Å². The number of anilines is 2. The molecule has 0 saturated carbocycles. The van der Waals surface area contributed by atoms with E-state index in [-0.39, 0.29) is 24.8 Å². The fraction of sp³-hybridized carbons (Fsp3) is 0.364. The summed E-state index contributed by atoms with van der Waals surface area (Å²) in [6, 6.07) is 7.92. The summed E-state index contributed by atoms with van der Waals surface area (Å²) in [6.45, 7) is 0.871. The third-order valence-electron chi connectivity index (χ3n) is 5.45. The second kappa shape index (κ2) is 8.71. The smallest absolute Gasteiger partial charge is 0.414 e. The van der Waals surface area contributed by atoms with Gasteiger partial charge in [0.05, 0.1) is 19.3 Å². The average molecular weight is 427 g/mol. The minimum atomic E-state index is -0.580. The van der Waals surface area contributed by atoms with Crippen molar-refractivity contribution in [1.29, 1.82) is 0 Å². The lowest BCUT2D eigenvalue weighted by Gasteiger charge is -2.16. The van der Waals surface area contributed by atoms with Gasteiger partial charge in [-0.1, -0.05) is 0 Å². The van der Waals surface area contributed by atoms with E-state index in [1.165, 1.54) is 24.3 Å². The topological polar surface area (TPSA) is 89.0 Å². The molecule has 0 unspecified atom stereocenters. The Hall–Kier alpha value is -3.49. The van der Waals surface area contributed by atoms with Crippen LogP contribution in [0, 0.1) is 5.82 Å². The molecule has 0 aliphatic carbocycles. The molecule has 2 saturated heterocycles. The summed E-state index contributed by atoms with van der Waals surface area (Å²) in [5.74, 6) is -0.284. The van der Waals surface area contributed by atoms with E-state index in [2.05, 4.69) is 9.72 Å². The summed E-state index contributed by atoms with van der Waals surface area (Å²) in [4.78, 5) is 42.6. The number of hydrogen-bond acceptors (Lipinski definition) is 6. The SMILES string of the molecule is COC(=O)CC[C@H]1CN(c2ccc(-c3ccc(N4CCCC4=O)nc3)c(F)c2)C(=O)O1. The second-order valence-corrected chi connectivity index (χ2v) is 7.45. The fourth-order valence-corrected chi connectivity index (χ4v) is 3.77. The molecule has 2 amide bonds. The third kappa shape index (κ3) is 4.35. The minimum Gasteiger partial charge on any atom is -0.469 e. The van der Waals surface area contributed by atoms with E-state index in [0.29, 0.717) is 42.0 Å². The molecule has 9 heteroatoms. The number of hydrogen-bond donors (Lipinski definition) is 0. The van der Waals surface area contributed by atoms with Gasteiger partial charge in [-0.2, -0.15) is 0 Å². The van der Waals surface area contributed by atoms with Crippen molar-refractivity contribution in [2.24, 2.45) is 0 Å². The number of aromatic nitrogens is 1. The number of amides is 2. The van der Waals surface area contributed by atoms with Crippen molar-refractivity contribution in [2.45, 2.75) is 31.8 Å². The molecule has 2 fully saturated rings. The maximum absolute atomic E-state index is 14.8. The highest BCUT2D eigenvalue weighted by molar-refractivity contribution is 5.94. The van der Waals surface area contributed by atoms with Crippen molar-refractivity contribution in [3.8, 4) is 11.1 Å². The normalized spacial score (nSPS) is 18.5. The molecular formula is C22H22FN3O5. The highest BCUT2D eigenvalue weighted by Gasteiger charge is 2.33. The van der Waals surface area contributed by atoms with Gasteiger partial charge in [0.15, 0.2) is 0 Å². The summed E-state index contributed by atoms with van der Waals surface area (Å²) in [7, 11) is 1.30. The first-order chi connectivity index (χ1) is 15.0. The maximum atomic E-state index is 14.8. The van der Waals surface area contributed by atoms with Crippen molar-refractivity contribution in [1.82, 2.24) is 4.98 Å². The summed E-state index contributed by atoms with van der Waals surface area (Å²) in [6.07, 6.45) is 2.30. The molecule has 2 aliphatic heterocycles. The highest BCUT2D eigenvalue weighted by Crippen LogP contribution is 2.30. The number of carbonyl (C=O) groups excluding carboxylic acids is 3. The summed E-state index contributed by atoms with van der Waals surface area (Å²) >= 11 is 0. The maximum Gasteiger partial charge on any atom is 0.414 e. The van der Waals surface area contributed by atoms with Crippen LogP contribution in [0.3, 0.4) is 0 Å². The summed E-state index contributed by atoms with van der Waals surface area (Å²) in [5.41, 5.74) is 1.28. The quantitative estimate of drug-likeness (QED) is 0.658. The van der Waals surface area contributed by atoms with Crippen LogP contribution in [-0.2, 0) is 19.1 Å². The number of pyridine rings is 1. The Bertz CT molecular complexity index is 1010. The van der Waals surface area contributed by atoms with Crippen molar-refractivity contribution in [3.63, 3.8) is 0 Å². The molecule has 1 atom stereocenters. The van der Waals surface area contributed by atoms with E-state index in [9.17, 15) is 18.8 Å². The number of halogens is 1. The molecule has 0 spiro atoms. The first-order valence-corrected chi connectivity index (χ1v) is 10.1. The molecule has 1 aromatic carbocycles. The van der Waals surface area contributed by atoms with Crippen LogP contribution in [0.1, 0.15) is 25.7 Å². The minimum absolute atomic E-state index is 0.0400. The second-order valence-electron chi connectivity index (χ2n) is 7.45. The van der Waals surface area contributed by atoms with Gasteiger partial charge in [0.1, 0.15) is 17.7 Å². The first kappa shape index (κ1) is 20.8. The van der Waals surface area contributed by atoms with Gasteiger partial charge in [0.25, 0.3) is 0 Å². The molecule has 2 aromatic rings. The summed E-state index contributed by atoms with van der Waals surface area (Å²) < 4.78 is 24.7. The standard InChI is InChI=1S/C22H22FN3O5/c1-30-21(28)9-6-16-13-26(22(29)31-16)15-5-7-17(18(23)11-15)14-4-8-19(24-12-14)25-10-2-3-20(25)27/h4-5,7-8,11-12,16H,2-3,6,9-10,13H2,1H3/t16-/m0/s1. The Balaban J connectivity index is 1.46. The van der Waals surface area contributed by atoms with Gasteiger partial charge in [-0.05, 0) is 43.2 Å². The lowest BCUT2D eigenvalue weighted by molar-refractivity contribution is -0.141. The zero-order chi connectivity index (χ0) is 22.0. The van der Waals surface area contributed by atoms with Gasteiger partial charge in [0.2, 0.25) is 5.91 Å². The van der Waals surface area contributed by atoms with Crippen LogP contribution in [-0.4, -0.2) is 49.3 Å². The van der Waals surface area contributed by atoms with E-state index in [1.54, 1.807) is 29.2 Å². The zero-order valence-electron chi connectivity index (χ0n) is 17.0. The number of rotatable bonds is 6. The summed E-state index contributed by atoms with van der Waals surface area (Å²) in [5, 5.41) is 0. The number of nitrogens with zero attached hydrogens (tertiary/aromatic N) is 3. The number of esters is 1. The lowest BCUT2D eigenvalue weighted by Crippen LogP contribution is -2.25. The molecule has 2 aliphatic rings. The van der Waals surface area contributed by atoms with Gasteiger partial charge in [-0.15, -0.1) is 0 Å². The lowest BCUT2D eigenvalue weighted by atomic mass is 10.1. The van der Waals surface area contributed by atoms with Gasteiger partial charge in [-0.25, -0.2) is 14.2 Å². The molecule has 162 valence electrons. The van der Waals surface area contributed by atoms with E-state index in [0.717, 1.165) is 6.42 Å². The molecule has 3 heterocycles. The van der Waals surface area contributed by atoms with Crippen molar-refractivity contribution < 1.29 is 28.2 Å². The van der Waals surface area contributed by atoms with Gasteiger partial charge in [0, 0.05) is 36.7 Å². The average Bonchev–Trinajstić information content (AvgIpc) is 3.37. The molecule has 0 N–H and O–H groups in total. The number of benzene rings is 1. The van der Waals surface area contributed by atoms with Crippen molar-refractivity contribution in [3.05, 3.63) is 42.3 Å². The third-order valence-corrected chi connectivity index (χ3v) is 5.45. The Morgan fingerprint density at radius 2 is 2.10 bits per heavy atom. The van der Waals surface area contributed by atoms with Gasteiger partial charge < -0.3 is 9.47 Å². The Morgan fingerprint density at radius 1 is 1.26 bits per heavy atom. The largest absolute Gasteiger partial charge is 0.469 e. The molecule has 1 aromatic heterocycles. The number of cyclic esters (lactones) is 1. The van der Waals surface area contributed by atoms with Crippen LogP contribution >= 0.6 is 0 Å². The Labute approximate surface area is 178 Å². The number of carbonyl (C=O) groups is 3. The zero-order valence-corrected chi connectivity index (χ0v) is 17.0. The number of ether oxygens (including phenoxy) is 2. The van der Waals surface area contributed by atoms with E-state index in [4.69, 9.17) is 4.74 Å². The van der Waals surface area contributed by atoms with E-state index >= 15 is 0 Å².